The lowest BCUT2D eigenvalue weighted by Gasteiger charge is -2.16. The predicted molar refractivity (Wildman–Crippen MR) is 75.9 cm³/mol. The molecule has 1 aromatic heterocycles. The number of aromatic nitrogens is 2. The summed E-state index contributed by atoms with van der Waals surface area (Å²) < 4.78 is 3.05. The van der Waals surface area contributed by atoms with Crippen molar-refractivity contribution in [2.24, 2.45) is 11.8 Å². The molecule has 0 aliphatic rings. The molecule has 0 bridgehead atoms. The summed E-state index contributed by atoms with van der Waals surface area (Å²) in [5, 5.41) is 0. The van der Waals surface area contributed by atoms with Crippen LogP contribution in [0.3, 0.4) is 0 Å². The van der Waals surface area contributed by atoms with Crippen LogP contribution in [0.1, 0.15) is 26.3 Å². The van der Waals surface area contributed by atoms with E-state index in [1.807, 2.05) is 0 Å². The van der Waals surface area contributed by atoms with E-state index in [2.05, 4.69) is 55.4 Å². The Kier molecular flexibility index (Phi) is 3.38. The molecule has 0 aliphatic heterocycles. The predicted octanol–water partition coefficient (Wildman–Crippen LogP) is 4.30. The van der Waals surface area contributed by atoms with Crippen molar-refractivity contribution >= 4 is 23.3 Å². The van der Waals surface area contributed by atoms with Gasteiger partial charge in [-0.2, -0.15) is 0 Å². The second-order valence-electron chi connectivity index (χ2n) is 5.28. The monoisotopic (exact) mass is 248 g/mol. The Balaban J connectivity index is 2.47. The number of aryl methyl sites for hydroxylation is 1. The minimum absolute atomic E-state index is 0.627. The van der Waals surface area contributed by atoms with Gasteiger partial charge in [-0.15, -0.1) is 0 Å². The molecular formula is C14H20N2S. The summed E-state index contributed by atoms with van der Waals surface area (Å²) in [5.41, 5.74) is 3.62. The lowest BCUT2D eigenvalue weighted by atomic mass is 9.98. The van der Waals surface area contributed by atoms with Crippen molar-refractivity contribution in [2.45, 2.75) is 34.2 Å². The van der Waals surface area contributed by atoms with Crippen LogP contribution in [-0.4, -0.2) is 9.55 Å². The van der Waals surface area contributed by atoms with E-state index in [9.17, 15) is 0 Å². The highest BCUT2D eigenvalue weighted by Crippen LogP contribution is 2.19. The summed E-state index contributed by atoms with van der Waals surface area (Å²) >= 11 is 5.41. The van der Waals surface area contributed by atoms with Gasteiger partial charge in [0.15, 0.2) is 4.77 Å². The molecule has 1 aromatic carbocycles. The van der Waals surface area contributed by atoms with Crippen molar-refractivity contribution in [3.8, 4) is 0 Å². The van der Waals surface area contributed by atoms with Gasteiger partial charge in [-0.05, 0) is 48.7 Å². The second-order valence-corrected chi connectivity index (χ2v) is 5.67. The first kappa shape index (κ1) is 12.4. The molecule has 0 fully saturated rings. The number of hydrogen-bond donors (Lipinski definition) is 1. The Morgan fingerprint density at radius 3 is 2.65 bits per heavy atom. The minimum atomic E-state index is 0.627. The molecule has 2 rings (SSSR count). The molecule has 17 heavy (non-hydrogen) atoms. The molecule has 2 aromatic rings. The molecule has 1 unspecified atom stereocenters. The lowest BCUT2D eigenvalue weighted by molar-refractivity contribution is 0.367. The van der Waals surface area contributed by atoms with E-state index < -0.39 is 0 Å². The maximum Gasteiger partial charge on any atom is 0.178 e. The zero-order valence-electron chi connectivity index (χ0n) is 10.9. The van der Waals surface area contributed by atoms with Gasteiger partial charge in [0.25, 0.3) is 0 Å². The third kappa shape index (κ3) is 2.44. The molecule has 1 heterocycles. The number of nitrogens with one attached hydrogen (secondary N) is 1. The van der Waals surface area contributed by atoms with Gasteiger partial charge in [0.1, 0.15) is 0 Å². The second kappa shape index (κ2) is 4.65. The van der Waals surface area contributed by atoms with Crippen LogP contribution in [0.4, 0.5) is 0 Å². The number of fused-ring (bicyclic) bond motifs is 1. The normalized spacial score (nSPS) is 13.5. The van der Waals surface area contributed by atoms with Gasteiger partial charge in [0.2, 0.25) is 0 Å². The molecule has 0 amide bonds. The zero-order valence-corrected chi connectivity index (χ0v) is 11.8. The maximum absolute atomic E-state index is 5.41. The smallest absolute Gasteiger partial charge is 0.178 e. The SMILES string of the molecule is Cc1ccc2c(c1)[nH]c(=S)n2CC(C)C(C)C. The molecule has 0 radical (unpaired) electrons. The van der Waals surface area contributed by atoms with E-state index in [1.54, 1.807) is 0 Å². The number of H-pyrrole nitrogens is 1. The standard InChI is InChI=1S/C14H20N2S/c1-9(2)11(4)8-16-13-6-5-10(3)7-12(13)15-14(16)17/h5-7,9,11H,8H2,1-4H3,(H,15,17). The highest BCUT2D eigenvalue weighted by atomic mass is 32.1. The van der Waals surface area contributed by atoms with Crippen molar-refractivity contribution in [3.05, 3.63) is 28.5 Å². The molecule has 1 atom stereocenters. The summed E-state index contributed by atoms with van der Waals surface area (Å²) in [6.45, 7) is 9.88. The first-order valence-electron chi connectivity index (χ1n) is 6.18. The van der Waals surface area contributed by atoms with E-state index >= 15 is 0 Å². The summed E-state index contributed by atoms with van der Waals surface area (Å²) in [4.78, 5) is 3.29. The highest BCUT2D eigenvalue weighted by molar-refractivity contribution is 7.71. The highest BCUT2D eigenvalue weighted by Gasteiger charge is 2.11. The lowest BCUT2D eigenvalue weighted by Crippen LogP contribution is -2.13. The van der Waals surface area contributed by atoms with Crippen molar-refractivity contribution in [3.63, 3.8) is 0 Å². The zero-order chi connectivity index (χ0) is 12.6. The Morgan fingerprint density at radius 2 is 2.00 bits per heavy atom. The van der Waals surface area contributed by atoms with Crippen LogP contribution >= 0.6 is 12.2 Å². The Labute approximate surface area is 108 Å². The van der Waals surface area contributed by atoms with Gasteiger partial charge >= 0.3 is 0 Å². The summed E-state index contributed by atoms with van der Waals surface area (Å²) in [7, 11) is 0. The van der Waals surface area contributed by atoms with Crippen LogP contribution in [-0.2, 0) is 6.54 Å². The van der Waals surface area contributed by atoms with E-state index in [4.69, 9.17) is 12.2 Å². The van der Waals surface area contributed by atoms with Crippen molar-refractivity contribution in [1.82, 2.24) is 9.55 Å². The first-order chi connectivity index (χ1) is 7.99. The molecule has 2 nitrogen and oxygen atoms in total. The average Bonchev–Trinajstić information content (AvgIpc) is 2.54. The summed E-state index contributed by atoms with van der Waals surface area (Å²) in [6, 6.07) is 6.45. The quantitative estimate of drug-likeness (QED) is 0.803. The van der Waals surface area contributed by atoms with Gasteiger partial charge in [0.05, 0.1) is 11.0 Å². The topological polar surface area (TPSA) is 20.7 Å². The molecule has 0 saturated heterocycles. The number of nitrogens with zero attached hydrogens (tertiary/aromatic N) is 1. The van der Waals surface area contributed by atoms with Crippen LogP contribution < -0.4 is 0 Å². The number of rotatable bonds is 3. The Morgan fingerprint density at radius 1 is 1.29 bits per heavy atom. The van der Waals surface area contributed by atoms with Crippen LogP contribution in [0, 0.1) is 23.5 Å². The van der Waals surface area contributed by atoms with Crippen molar-refractivity contribution in [2.75, 3.05) is 0 Å². The van der Waals surface area contributed by atoms with E-state index in [0.717, 1.165) is 16.8 Å². The molecular weight excluding hydrogens is 228 g/mol. The van der Waals surface area contributed by atoms with Crippen molar-refractivity contribution < 1.29 is 0 Å². The minimum Gasteiger partial charge on any atom is -0.331 e. The maximum atomic E-state index is 5.41. The number of benzene rings is 1. The fourth-order valence-corrected chi connectivity index (χ4v) is 2.24. The van der Waals surface area contributed by atoms with Crippen LogP contribution in [0.15, 0.2) is 18.2 Å². The van der Waals surface area contributed by atoms with E-state index in [0.29, 0.717) is 11.8 Å². The van der Waals surface area contributed by atoms with E-state index in [1.165, 1.54) is 11.1 Å². The molecule has 92 valence electrons. The summed E-state index contributed by atoms with van der Waals surface area (Å²) in [6.07, 6.45) is 0. The van der Waals surface area contributed by atoms with Crippen LogP contribution in [0.2, 0.25) is 0 Å². The van der Waals surface area contributed by atoms with Gasteiger partial charge in [0, 0.05) is 6.54 Å². The first-order valence-corrected chi connectivity index (χ1v) is 6.59. The molecule has 0 aliphatic carbocycles. The largest absolute Gasteiger partial charge is 0.331 e. The fourth-order valence-electron chi connectivity index (χ4n) is 1.96. The Hall–Kier alpha value is -1.09. The van der Waals surface area contributed by atoms with E-state index in [-0.39, 0.29) is 0 Å². The van der Waals surface area contributed by atoms with Gasteiger partial charge < -0.3 is 9.55 Å². The summed E-state index contributed by atoms with van der Waals surface area (Å²) in [5.74, 6) is 1.30. The fraction of sp³-hybridized carbons (Fsp3) is 0.500. The molecule has 0 saturated carbocycles. The number of hydrogen-bond acceptors (Lipinski definition) is 1. The molecule has 3 heteroatoms. The van der Waals surface area contributed by atoms with Crippen LogP contribution in [0.5, 0.6) is 0 Å². The third-order valence-corrected chi connectivity index (χ3v) is 3.86. The van der Waals surface area contributed by atoms with Crippen LogP contribution in [0.25, 0.3) is 11.0 Å². The third-order valence-electron chi connectivity index (χ3n) is 3.54. The van der Waals surface area contributed by atoms with Gasteiger partial charge in [-0.3, -0.25) is 0 Å². The molecule has 0 spiro atoms. The number of imidazole rings is 1. The molecule has 1 N–H and O–H groups in total. The average molecular weight is 248 g/mol. The van der Waals surface area contributed by atoms with Gasteiger partial charge in [-0.25, -0.2) is 0 Å². The van der Waals surface area contributed by atoms with Gasteiger partial charge in [-0.1, -0.05) is 26.8 Å². The van der Waals surface area contributed by atoms with Crippen molar-refractivity contribution in [1.29, 1.82) is 0 Å². The Bertz CT molecular complexity index is 577. The number of aromatic amines is 1.